The Morgan fingerprint density at radius 2 is 1.77 bits per heavy atom. The molecule has 2 heterocycles. The first-order valence-electron chi connectivity index (χ1n) is 10.1. The summed E-state index contributed by atoms with van der Waals surface area (Å²) in [5, 5.41) is 7.54. The maximum Gasteiger partial charge on any atom is 0.225 e. The van der Waals surface area contributed by atoms with Crippen LogP contribution in [0.4, 0.5) is 5.82 Å². The van der Waals surface area contributed by atoms with Crippen LogP contribution in [0.2, 0.25) is 0 Å². The Hall–Kier alpha value is -3.28. The fourth-order valence-electron chi connectivity index (χ4n) is 2.98. The van der Waals surface area contributed by atoms with E-state index in [9.17, 15) is 9.59 Å². The number of pyridine rings is 1. The lowest BCUT2D eigenvalue weighted by Crippen LogP contribution is -2.16. The smallest absolute Gasteiger partial charge is 0.225 e. The molecule has 0 bridgehead atoms. The molecule has 0 saturated carbocycles. The summed E-state index contributed by atoms with van der Waals surface area (Å²) in [5.41, 5.74) is 3.51. The maximum absolute atomic E-state index is 12.6. The molecule has 0 aliphatic heterocycles. The van der Waals surface area contributed by atoms with Gasteiger partial charge in [0.2, 0.25) is 5.91 Å². The van der Waals surface area contributed by atoms with Gasteiger partial charge in [-0.05, 0) is 43.2 Å². The first-order chi connectivity index (χ1) is 14.1. The van der Waals surface area contributed by atoms with Crippen molar-refractivity contribution in [2.24, 2.45) is 0 Å². The molecule has 1 amide bonds. The van der Waals surface area contributed by atoms with E-state index in [0.717, 1.165) is 16.8 Å². The molecule has 1 aromatic carbocycles. The van der Waals surface area contributed by atoms with Crippen molar-refractivity contribution in [2.75, 3.05) is 5.32 Å². The predicted molar refractivity (Wildman–Crippen MR) is 118 cm³/mol. The zero-order valence-electron chi connectivity index (χ0n) is 18.2. The summed E-state index contributed by atoms with van der Waals surface area (Å²) >= 11 is 0. The number of aryl methyl sites for hydroxylation is 2. The molecule has 0 atom stereocenters. The Morgan fingerprint density at radius 1 is 1.00 bits per heavy atom. The molecule has 6 nitrogen and oxygen atoms in total. The molecule has 3 rings (SSSR count). The molecule has 0 aliphatic rings. The molecular weight excluding hydrogens is 376 g/mol. The van der Waals surface area contributed by atoms with Crippen LogP contribution in [0.15, 0.2) is 48.7 Å². The summed E-state index contributed by atoms with van der Waals surface area (Å²) in [6, 6.07) is 13.0. The summed E-state index contributed by atoms with van der Waals surface area (Å²) in [5.74, 6) is 0.892. The van der Waals surface area contributed by atoms with Gasteiger partial charge in [-0.1, -0.05) is 39.0 Å². The van der Waals surface area contributed by atoms with Gasteiger partial charge in [-0.2, -0.15) is 9.78 Å². The number of anilines is 1. The minimum atomic E-state index is -0.232. The molecule has 2 aromatic heterocycles. The van der Waals surface area contributed by atoms with Gasteiger partial charge in [0.25, 0.3) is 0 Å². The second-order valence-electron chi connectivity index (χ2n) is 8.53. The van der Waals surface area contributed by atoms with Crippen molar-refractivity contribution in [1.29, 1.82) is 0 Å². The number of carbonyl (C=O) groups excluding carboxylic acids is 2. The highest BCUT2D eigenvalue weighted by Crippen LogP contribution is 2.26. The Labute approximate surface area is 177 Å². The van der Waals surface area contributed by atoms with E-state index in [0.29, 0.717) is 17.2 Å². The standard InChI is InChI=1S/C24H28N4O2/c1-16-9-10-18(14-17(16)2)19(29)11-12-23(30)26-22-15-20(24(3,4)5)27-28(22)21-8-6-7-13-25-21/h6-10,13-15H,11-12H2,1-5H3,(H,26,30). The summed E-state index contributed by atoms with van der Waals surface area (Å²) in [4.78, 5) is 29.4. The first kappa shape index (κ1) is 21.4. The number of rotatable bonds is 6. The van der Waals surface area contributed by atoms with Crippen LogP contribution in [0.3, 0.4) is 0 Å². The van der Waals surface area contributed by atoms with Crippen LogP contribution >= 0.6 is 0 Å². The van der Waals surface area contributed by atoms with Crippen molar-refractivity contribution in [1.82, 2.24) is 14.8 Å². The fourth-order valence-corrected chi connectivity index (χ4v) is 2.98. The lowest BCUT2D eigenvalue weighted by atomic mass is 9.92. The average Bonchev–Trinajstić information content (AvgIpc) is 3.13. The van der Waals surface area contributed by atoms with Crippen molar-refractivity contribution in [3.05, 3.63) is 71.0 Å². The Bertz CT molecular complexity index is 1060. The van der Waals surface area contributed by atoms with E-state index in [2.05, 4.69) is 36.2 Å². The molecule has 0 saturated heterocycles. The van der Waals surface area contributed by atoms with Crippen molar-refractivity contribution in [2.45, 2.75) is 52.9 Å². The molecule has 0 unspecified atom stereocenters. The number of benzene rings is 1. The molecule has 0 fully saturated rings. The Balaban J connectivity index is 1.73. The zero-order chi connectivity index (χ0) is 21.9. The molecule has 156 valence electrons. The van der Waals surface area contributed by atoms with Crippen LogP contribution in [0.25, 0.3) is 5.82 Å². The number of hydrogen-bond acceptors (Lipinski definition) is 4. The number of nitrogens with zero attached hydrogens (tertiary/aromatic N) is 3. The molecular formula is C24H28N4O2. The van der Waals surface area contributed by atoms with Gasteiger partial charge in [0.05, 0.1) is 5.69 Å². The maximum atomic E-state index is 12.6. The monoisotopic (exact) mass is 404 g/mol. The van der Waals surface area contributed by atoms with Gasteiger partial charge in [0, 0.05) is 36.1 Å². The van der Waals surface area contributed by atoms with Crippen LogP contribution < -0.4 is 5.32 Å². The van der Waals surface area contributed by atoms with E-state index < -0.39 is 0 Å². The third-order valence-electron chi connectivity index (χ3n) is 5.02. The van der Waals surface area contributed by atoms with Crippen LogP contribution in [-0.2, 0) is 10.2 Å². The first-order valence-corrected chi connectivity index (χ1v) is 10.1. The van der Waals surface area contributed by atoms with Crippen molar-refractivity contribution in [3.63, 3.8) is 0 Å². The molecule has 0 aliphatic carbocycles. The highest BCUT2D eigenvalue weighted by molar-refractivity contribution is 6.00. The van der Waals surface area contributed by atoms with Crippen molar-refractivity contribution < 1.29 is 9.59 Å². The average molecular weight is 405 g/mol. The number of ketones is 1. The van der Waals surface area contributed by atoms with Gasteiger partial charge in [-0.25, -0.2) is 4.98 Å². The SMILES string of the molecule is Cc1ccc(C(=O)CCC(=O)Nc2cc(C(C)(C)C)nn2-c2ccccn2)cc1C. The molecule has 0 spiro atoms. The molecule has 0 radical (unpaired) electrons. The predicted octanol–water partition coefficient (Wildman–Crippen LogP) is 4.78. The second kappa shape index (κ2) is 8.61. The second-order valence-corrected chi connectivity index (χ2v) is 8.53. The Kier molecular flexibility index (Phi) is 6.15. The quantitative estimate of drug-likeness (QED) is 0.600. The number of amides is 1. The van der Waals surface area contributed by atoms with Crippen molar-refractivity contribution >= 4 is 17.5 Å². The number of aromatic nitrogens is 3. The summed E-state index contributed by atoms with van der Waals surface area (Å²) < 4.78 is 1.63. The lowest BCUT2D eigenvalue weighted by Gasteiger charge is -2.13. The van der Waals surface area contributed by atoms with E-state index in [1.807, 2.05) is 56.3 Å². The number of nitrogens with one attached hydrogen (secondary N) is 1. The summed E-state index contributed by atoms with van der Waals surface area (Å²) in [7, 11) is 0. The van der Waals surface area contributed by atoms with Gasteiger partial charge in [-0.15, -0.1) is 0 Å². The third-order valence-corrected chi connectivity index (χ3v) is 5.02. The zero-order valence-corrected chi connectivity index (χ0v) is 18.2. The van der Waals surface area contributed by atoms with Crippen LogP contribution in [0.1, 0.15) is 60.8 Å². The van der Waals surface area contributed by atoms with Gasteiger partial charge < -0.3 is 5.32 Å². The minimum Gasteiger partial charge on any atom is -0.311 e. The third kappa shape index (κ3) is 5.00. The van der Waals surface area contributed by atoms with Crippen molar-refractivity contribution in [3.8, 4) is 5.82 Å². The van der Waals surface area contributed by atoms with E-state index in [-0.39, 0.29) is 29.9 Å². The van der Waals surface area contributed by atoms with Crippen LogP contribution in [0.5, 0.6) is 0 Å². The molecule has 30 heavy (non-hydrogen) atoms. The summed E-state index contributed by atoms with van der Waals surface area (Å²) in [6.07, 6.45) is 1.93. The number of Topliss-reactive ketones (excluding diaryl/α,β-unsaturated/α-hetero) is 1. The van der Waals surface area contributed by atoms with E-state index in [1.54, 1.807) is 10.9 Å². The van der Waals surface area contributed by atoms with Gasteiger partial charge in [0.1, 0.15) is 5.82 Å². The number of hydrogen-bond donors (Lipinski definition) is 1. The van der Waals surface area contributed by atoms with Gasteiger partial charge in [-0.3, -0.25) is 9.59 Å². The van der Waals surface area contributed by atoms with Gasteiger partial charge in [0.15, 0.2) is 11.6 Å². The lowest BCUT2D eigenvalue weighted by molar-refractivity contribution is -0.116. The van der Waals surface area contributed by atoms with E-state index in [1.165, 1.54) is 0 Å². The normalized spacial score (nSPS) is 11.4. The molecule has 3 aromatic rings. The Morgan fingerprint density at radius 3 is 2.40 bits per heavy atom. The fraction of sp³-hybridized carbons (Fsp3) is 0.333. The largest absolute Gasteiger partial charge is 0.311 e. The summed E-state index contributed by atoms with van der Waals surface area (Å²) in [6.45, 7) is 10.2. The van der Waals surface area contributed by atoms with Gasteiger partial charge >= 0.3 is 0 Å². The van der Waals surface area contributed by atoms with E-state index in [4.69, 9.17) is 0 Å². The van der Waals surface area contributed by atoms with Crippen LogP contribution in [-0.4, -0.2) is 26.5 Å². The minimum absolute atomic E-state index is 0.0399. The number of carbonyl (C=O) groups is 2. The highest BCUT2D eigenvalue weighted by atomic mass is 16.2. The van der Waals surface area contributed by atoms with Crippen LogP contribution in [0, 0.1) is 13.8 Å². The molecule has 6 heteroatoms. The highest BCUT2D eigenvalue weighted by Gasteiger charge is 2.22. The molecule has 1 N–H and O–H groups in total. The van der Waals surface area contributed by atoms with E-state index >= 15 is 0 Å². The topological polar surface area (TPSA) is 76.9 Å².